The number of hydrogen-bond acceptors (Lipinski definition) is 3. The first kappa shape index (κ1) is 13.5. The van der Waals surface area contributed by atoms with Crippen molar-refractivity contribution in [1.82, 2.24) is 10.6 Å². The lowest BCUT2D eigenvalue weighted by atomic mass is 10.2. The lowest BCUT2D eigenvalue weighted by molar-refractivity contribution is -0.120. The summed E-state index contributed by atoms with van der Waals surface area (Å²) in [6.45, 7) is 4.84. The lowest BCUT2D eigenvalue weighted by Gasteiger charge is -2.11. The van der Waals surface area contributed by atoms with Crippen LogP contribution in [0.4, 0.5) is 0 Å². The van der Waals surface area contributed by atoms with Gasteiger partial charge in [0.05, 0.1) is 13.7 Å². The van der Waals surface area contributed by atoms with Gasteiger partial charge >= 0.3 is 0 Å². The van der Waals surface area contributed by atoms with Crippen molar-refractivity contribution in [2.45, 2.75) is 26.4 Å². The summed E-state index contributed by atoms with van der Waals surface area (Å²) in [5.74, 6) is 0.786. The molecule has 0 aliphatic rings. The van der Waals surface area contributed by atoms with Crippen LogP contribution in [-0.4, -0.2) is 25.6 Å². The van der Waals surface area contributed by atoms with E-state index in [1.807, 2.05) is 38.1 Å². The average molecular weight is 236 g/mol. The second-order valence-electron chi connectivity index (χ2n) is 4.12. The molecule has 94 valence electrons. The number of rotatable bonds is 6. The number of hydrogen-bond donors (Lipinski definition) is 2. The quantitative estimate of drug-likeness (QED) is 0.783. The molecule has 4 heteroatoms. The molecule has 0 saturated heterocycles. The van der Waals surface area contributed by atoms with Gasteiger partial charge in [-0.05, 0) is 6.07 Å². The lowest BCUT2D eigenvalue weighted by Crippen LogP contribution is -2.36. The van der Waals surface area contributed by atoms with Gasteiger partial charge in [-0.3, -0.25) is 4.79 Å². The van der Waals surface area contributed by atoms with E-state index in [0.29, 0.717) is 19.1 Å². The highest BCUT2D eigenvalue weighted by Crippen LogP contribution is 2.16. The van der Waals surface area contributed by atoms with Gasteiger partial charge in [-0.2, -0.15) is 0 Å². The number of amides is 1. The molecule has 1 aromatic carbocycles. The third-order valence-corrected chi connectivity index (χ3v) is 2.34. The summed E-state index contributed by atoms with van der Waals surface area (Å²) in [6, 6.07) is 7.97. The number of carbonyl (C=O) groups excluding carboxylic acids is 1. The molecule has 0 aliphatic heterocycles. The SMILES string of the molecule is COc1ccccc1CNC(=O)CNC(C)C. The smallest absolute Gasteiger partial charge is 0.234 e. The maximum Gasteiger partial charge on any atom is 0.234 e. The van der Waals surface area contributed by atoms with Crippen molar-refractivity contribution in [3.05, 3.63) is 29.8 Å². The number of carbonyl (C=O) groups is 1. The number of benzene rings is 1. The number of nitrogens with one attached hydrogen (secondary N) is 2. The van der Waals surface area contributed by atoms with Crippen LogP contribution in [0.2, 0.25) is 0 Å². The molecule has 4 nitrogen and oxygen atoms in total. The second-order valence-corrected chi connectivity index (χ2v) is 4.12. The minimum absolute atomic E-state index is 0.00962. The minimum Gasteiger partial charge on any atom is -0.496 e. The topological polar surface area (TPSA) is 50.4 Å². The monoisotopic (exact) mass is 236 g/mol. The zero-order valence-electron chi connectivity index (χ0n) is 10.6. The molecule has 0 aliphatic carbocycles. The van der Waals surface area contributed by atoms with Gasteiger partial charge in [-0.25, -0.2) is 0 Å². The highest BCUT2D eigenvalue weighted by Gasteiger charge is 2.05. The van der Waals surface area contributed by atoms with Crippen molar-refractivity contribution in [2.75, 3.05) is 13.7 Å². The molecule has 0 bridgehead atoms. The van der Waals surface area contributed by atoms with E-state index in [-0.39, 0.29) is 5.91 Å². The molecule has 0 atom stereocenters. The third kappa shape index (κ3) is 4.87. The fraction of sp³-hybridized carbons (Fsp3) is 0.462. The van der Waals surface area contributed by atoms with Crippen molar-refractivity contribution in [2.24, 2.45) is 0 Å². The van der Waals surface area contributed by atoms with Gasteiger partial charge in [0.1, 0.15) is 5.75 Å². The summed E-state index contributed by atoms with van der Waals surface area (Å²) in [7, 11) is 1.63. The van der Waals surface area contributed by atoms with Crippen molar-refractivity contribution in [1.29, 1.82) is 0 Å². The van der Waals surface area contributed by atoms with Crippen LogP contribution in [0.3, 0.4) is 0 Å². The standard InChI is InChI=1S/C13H20N2O2/c1-10(2)14-9-13(16)15-8-11-6-4-5-7-12(11)17-3/h4-7,10,14H,8-9H2,1-3H3,(H,15,16). The van der Waals surface area contributed by atoms with Crippen LogP contribution in [-0.2, 0) is 11.3 Å². The number of ether oxygens (including phenoxy) is 1. The Bertz CT molecular complexity index is 364. The van der Waals surface area contributed by atoms with E-state index in [4.69, 9.17) is 4.74 Å². The second kappa shape index (κ2) is 6.91. The molecule has 1 amide bonds. The fourth-order valence-electron chi connectivity index (χ4n) is 1.40. The highest BCUT2D eigenvalue weighted by atomic mass is 16.5. The van der Waals surface area contributed by atoms with Crippen LogP contribution in [0.1, 0.15) is 19.4 Å². The van der Waals surface area contributed by atoms with Gasteiger partial charge in [-0.1, -0.05) is 32.0 Å². The molecular formula is C13H20N2O2. The molecule has 0 aromatic heterocycles. The Morgan fingerprint density at radius 2 is 2.06 bits per heavy atom. The Kier molecular flexibility index (Phi) is 5.49. The molecule has 0 fully saturated rings. The van der Waals surface area contributed by atoms with E-state index in [0.717, 1.165) is 11.3 Å². The van der Waals surface area contributed by atoms with Crippen LogP contribution < -0.4 is 15.4 Å². The number of methoxy groups -OCH3 is 1. The van der Waals surface area contributed by atoms with Crippen molar-refractivity contribution in [3.63, 3.8) is 0 Å². The molecule has 0 radical (unpaired) electrons. The maximum atomic E-state index is 11.5. The van der Waals surface area contributed by atoms with E-state index >= 15 is 0 Å². The molecule has 0 heterocycles. The van der Waals surface area contributed by atoms with Crippen LogP contribution in [0.25, 0.3) is 0 Å². The summed E-state index contributed by atoms with van der Waals surface area (Å²) in [6.07, 6.45) is 0. The normalized spacial score (nSPS) is 10.4. The first-order valence-corrected chi connectivity index (χ1v) is 5.75. The van der Waals surface area contributed by atoms with Gasteiger partial charge < -0.3 is 15.4 Å². The van der Waals surface area contributed by atoms with Crippen LogP contribution >= 0.6 is 0 Å². The molecular weight excluding hydrogens is 216 g/mol. The largest absolute Gasteiger partial charge is 0.496 e. The summed E-state index contributed by atoms with van der Waals surface area (Å²) < 4.78 is 5.21. The maximum absolute atomic E-state index is 11.5. The number of para-hydroxylation sites is 1. The molecule has 1 aromatic rings. The minimum atomic E-state index is -0.00962. The Hall–Kier alpha value is -1.55. The summed E-state index contributed by atoms with van der Waals surface area (Å²) >= 11 is 0. The Morgan fingerprint density at radius 1 is 1.35 bits per heavy atom. The van der Waals surface area contributed by atoms with Crippen molar-refractivity contribution in [3.8, 4) is 5.75 Å². The van der Waals surface area contributed by atoms with E-state index in [2.05, 4.69) is 10.6 Å². The van der Waals surface area contributed by atoms with Gasteiger partial charge in [0.2, 0.25) is 5.91 Å². The molecule has 0 spiro atoms. The predicted molar refractivity (Wildman–Crippen MR) is 68.0 cm³/mol. The van der Waals surface area contributed by atoms with Crippen molar-refractivity contribution < 1.29 is 9.53 Å². The Morgan fingerprint density at radius 3 is 2.71 bits per heavy atom. The van der Waals surface area contributed by atoms with Crippen molar-refractivity contribution >= 4 is 5.91 Å². The molecule has 17 heavy (non-hydrogen) atoms. The molecule has 2 N–H and O–H groups in total. The Labute approximate surface area is 102 Å². The van der Waals surface area contributed by atoms with Crippen LogP contribution in [0.15, 0.2) is 24.3 Å². The van der Waals surface area contributed by atoms with E-state index in [1.54, 1.807) is 7.11 Å². The summed E-state index contributed by atoms with van der Waals surface area (Å²) in [5, 5.41) is 5.91. The van der Waals surface area contributed by atoms with E-state index in [1.165, 1.54) is 0 Å². The third-order valence-electron chi connectivity index (χ3n) is 2.34. The van der Waals surface area contributed by atoms with Gasteiger partial charge in [0.25, 0.3) is 0 Å². The van der Waals surface area contributed by atoms with Gasteiger partial charge in [0.15, 0.2) is 0 Å². The molecule has 0 saturated carbocycles. The Balaban J connectivity index is 2.42. The van der Waals surface area contributed by atoms with E-state index < -0.39 is 0 Å². The van der Waals surface area contributed by atoms with Gasteiger partial charge in [0, 0.05) is 18.2 Å². The zero-order valence-corrected chi connectivity index (χ0v) is 10.6. The zero-order chi connectivity index (χ0) is 12.7. The first-order chi connectivity index (χ1) is 8.13. The van der Waals surface area contributed by atoms with Crippen LogP contribution in [0, 0.1) is 0 Å². The first-order valence-electron chi connectivity index (χ1n) is 5.75. The predicted octanol–water partition coefficient (Wildman–Crippen LogP) is 1.31. The van der Waals surface area contributed by atoms with Crippen LogP contribution in [0.5, 0.6) is 5.75 Å². The average Bonchev–Trinajstić information content (AvgIpc) is 2.34. The fourth-order valence-corrected chi connectivity index (χ4v) is 1.40. The highest BCUT2D eigenvalue weighted by molar-refractivity contribution is 5.78. The van der Waals surface area contributed by atoms with Gasteiger partial charge in [-0.15, -0.1) is 0 Å². The summed E-state index contributed by atoms with van der Waals surface area (Å²) in [4.78, 5) is 11.5. The summed E-state index contributed by atoms with van der Waals surface area (Å²) in [5.41, 5.74) is 0.980. The molecule has 0 unspecified atom stereocenters. The van der Waals surface area contributed by atoms with E-state index in [9.17, 15) is 4.79 Å². The molecule has 1 rings (SSSR count).